The summed E-state index contributed by atoms with van der Waals surface area (Å²) in [6.07, 6.45) is 4.00. The van der Waals surface area contributed by atoms with Crippen molar-refractivity contribution in [1.82, 2.24) is 0 Å². The van der Waals surface area contributed by atoms with Crippen LogP contribution >= 0.6 is 0 Å². The van der Waals surface area contributed by atoms with Gasteiger partial charge in [-0.2, -0.15) is 0 Å². The summed E-state index contributed by atoms with van der Waals surface area (Å²) in [4.78, 5) is 14.6. The first-order valence-electron chi connectivity index (χ1n) is 7.28. The Morgan fingerprint density at radius 3 is 2.95 bits per heavy atom. The van der Waals surface area contributed by atoms with Crippen LogP contribution in [0, 0.1) is 12.8 Å². The maximum atomic E-state index is 12.6. The van der Waals surface area contributed by atoms with Crippen LogP contribution in [-0.4, -0.2) is 19.0 Å². The molecule has 0 bridgehead atoms. The molecule has 1 heterocycles. The van der Waals surface area contributed by atoms with Crippen LogP contribution < -0.4 is 10.6 Å². The molecule has 3 heteroatoms. The molecule has 0 aliphatic carbocycles. The summed E-state index contributed by atoms with van der Waals surface area (Å²) in [5, 5.41) is 0. The molecule has 1 atom stereocenters. The van der Waals surface area contributed by atoms with E-state index in [4.69, 9.17) is 5.73 Å². The van der Waals surface area contributed by atoms with Crippen molar-refractivity contribution in [3.63, 3.8) is 0 Å². The number of nitrogens with zero attached hydrogens (tertiary/aromatic N) is 1. The summed E-state index contributed by atoms with van der Waals surface area (Å²) >= 11 is 0. The number of hydrogen-bond donors (Lipinski definition) is 1. The third kappa shape index (κ3) is 2.98. The number of aryl methyl sites for hydroxylation is 2. The summed E-state index contributed by atoms with van der Waals surface area (Å²) in [5.41, 5.74) is 9.42. The number of benzene rings is 1. The van der Waals surface area contributed by atoms with Crippen LogP contribution in [0.25, 0.3) is 0 Å². The Labute approximate surface area is 115 Å². The lowest BCUT2D eigenvalue weighted by atomic mass is 9.96. The van der Waals surface area contributed by atoms with Gasteiger partial charge in [0.2, 0.25) is 5.91 Å². The highest BCUT2D eigenvalue weighted by atomic mass is 16.2. The van der Waals surface area contributed by atoms with Crippen molar-refractivity contribution in [2.24, 2.45) is 11.7 Å². The van der Waals surface area contributed by atoms with Gasteiger partial charge < -0.3 is 10.6 Å². The summed E-state index contributed by atoms with van der Waals surface area (Å²) in [6, 6.07) is 6.37. The van der Waals surface area contributed by atoms with Crippen LogP contribution in [0.1, 0.15) is 37.3 Å². The minimum absolute atomic E-state index is 0.0303. The fourth-order valence-corrected chi connectivity index (χ4v) is 2.87. The number of amides is 1. The molecule has 1 amide bonds. The first kappa shape index (κ1) is 14.1. The molecule has 0 radical (unpaired) electrons. The molecule has 2 rings (SSSR count). The van der Waals surface area contributed by atoms with E-state index in [-0.39, 0.29) is 11.8 Å². The summed E-state index contributed by atoms with van der Waals surface area (Å²) in [5.74, 6) is 0.173. The minimum atomic E-state index is -0.0303. The van der Waals surface area contributed by atoms with E-state index in [1.165, 1.54) is 11.1 Å². The van der Waals surface area contributed by atoms with E-state index in [0.29, 0.717) is 6.54 Å². The minimum Gasteiger partial charge on any atom is -0.330 e. The molecule has 0 saturated carbocycles. The Bertz CT molecular complexity index is 456. The van der Waals surface area contributed by atoms with Gasteiger partial charge in [0.25, 0.3) is 0 Å². The van der Waals surface area contributed by atoms with Crippen molar-refractivity contribution in [2.45, 2.75) is 39.5 Å². The smallest absolute Gasteiger partial charge is 0.231 e. The number of fused-ring (bicyclic) bond motifs is 1. The van der Waals surface area contributed by atoms with Crippen LogP contribution in [0.5, 0.6) is 0 Å². The fraction of sp³-hybridized carbons (Fsp3) is 0.562. The lowest BCUT2D eigenvalue weighted by molar-refractivity contribution is -0.122. The molecular weight excluding hydrogens is 236 g/mol. The van der Waals surface area contributed by atoms with Gasteiger partial charge in [0, 0.05) is 18.8 Å². The fourth-order valence-electron chi connectivity index (χ4n) is 2.87. The first-order chi connectivity index (χ1) is 9.17. The predicted octanol–water partition coefficient (Wildman–Crippen LogP) is 2.65. The second-order valence-electron chi connectivity index (χ2n) is 5.45. The van der Waals surface area contributed by atoms with Crippen molar-refractivity contribution < 1.29 is 4.79 Å². The van der Waals surface area contributed by atoms with E-state index < -0.39 is 0 Å². The zero-order chi connectivity index (χ0) is 13.8. The van der Waals surface area contributed by atoms with Gasteiger partial charge in [0.05, 0.1) is 5.92 Å². The van der Waals surface area contributed by atoms with Crippen molar-refractivity contribution >= 4 is 11.6 Å². The van der Waals surface area contributed by atoms with Crippen LogP contribution in [-0.2, 0) is 11.2 Å². The maximum absolute atomic E-state index is 12.6. The quantitative estimate of drug-likeness (QED) is 0.904. The molecule has 19 heavy (non-hydrogen) atoms. The monoisotopic (exact) mass is 260 g/mol. The Morgan fingerprint density at radius 2 is 2.26 bits per heavy atom. The van der Waals surface area contributed by atoms with Gasteiger partial charge >= 0.3 is 0 Å². The van der Waals surface area contributed by atoms with Crippen molar-refractivity contribution in [2.75, 3.05) is 18.0 Å². The zero-order valence-corrected chi connectivity index (χ0v) is 12.0. The van der Waals surface area contributed by atoms with Gasteiger partial charge in [-0.15, -0.1) is 0 Å². The number of carbonyl (C=O) groups excluding carboxylic acids is 1. The van der Waals surface area contributed by atoms with Crippen molar-refractivity contribution in [1.29, 1.82) is 0 Å². The number of hydrogen-bond acceptors (Lipinski definition) is 2. The van der Waals surface area contributed by atoms with Gasteiger partial charge in [-0.05, 0) is 37.8 Å². The molecule has 3 nitrogen and oxygen atoms in total. The molecule has 1 aliphatic heterocycles. The maximum Gasteiger partial charge on any atom is 0.231 e. The molecule has 104 valence electrons. The molecule has 1 unspecified atom stereocenters. The highest BCUT2D eigenvalue weighted by Gasteiger charge is 2.27. The lowest BCUT2D eigenvalue weighted by Gasteiger charge is -2.32. The van der Waals surface area contributed by atoms with Crippen molar-refractivity contribution in [3.8, 4) is 0 Å². The molecule has 2 N–H and O–H groups in total. The third-order valence-corrected chi connectivity index (χ3v) is 3.89. The molecule has 0 aromatic heterocycles. The summed E-state index contributed by atoms with van der Waals surface area (Å²) < 4.78 is 0. The van der Waals surface area contributed by atoms with Crippen molar-refractivity contribution in [3.05, 3.63) is 29.3 Å². The van der Waals surface area contributed by atoms with Gasteiger partial charge in [-0.3, -0.25) is 4.79 Å². The van der Waals surface area contributed by atoms with E-state index in [9.17, 15) is 4.79 Å². The van der Waals surface area contributed by atoms with E-state index in [1.807, 2.05) is 4.90 Å². The van der Waals surface area contributed by atoms with Crippen LogP contribution in [0.2, 0.25) is 0 Å². The Morgan fingerprint density at radius 1 is 1.47 bits per heavy atom. The molecule has 1 aromatic rings. The summed E-state index contributed by atoms with van der Waals surface area (Å²) in [6.45, 7) is 5.48. The topological polar surface area (TPSA) is 46.3 Å². The Kier molecular flexibility index (Phi) is 4.59. The molecule has 1 aromatic carbocycles. The number of anilines is 1. The summed E-state index contributed by atoms with van der Waals surface area (Å²) in [7, 11) is 0. The average molecular weight is 260 g/mol. The van der Waals surface area contributed by atoms with Crippen LogP contribution in [0.15, 0.2) is 18.2 Å². The number of rotatable bonds is 4. The van der Waals surface area contributed by atoms with Gasteiger partial charge in [0.15, 0.2) is 0 Å². The Balaban J connectivity index is 2.25. The van der Waals surface area contributed by atoms with Gasteiger partial charge in [0.1, 0.15) is 0 Å². The van der Waals surface area contributed by atoms with E-state index in [0.717, 1.165) is 37.9 Å². The predicted molar refractivity (Wildman–Crippen MR) is 79.3 cm³/mol. The second kappa shape index (κ2) is 6.20. The number of nitrogens with two attached hydrogens (primary N) is 1. The van der Waals surface area contributed by atoms with E-state index in [1.54, 1.807) is 0 Å². The van der Waals surface area contributed by atoms with Crippen LogP contribution in [0.3, 0.4) is 0 Å². The molecular formula is C16H24N2O. The first-order valence-corrected chi connectivity index (χ1v) is 7.28. The molecule has 0 saturated heterocycles. The van der Waals surface area contributed by atoms with E-state index >= 15 is 0 Å². The van der Waals surface area contributed by atoms with E-state index in [2.05, 4.69) is 32.0 Å². The highest BCUT2D eigenvalue weighted by Crippen LogP contribution is 2.29. The SMILES string of the molecule is CCCC(CN)C(=O)N1CCCc2cc(C)ccc21. The highest BCUT2D eigenvalue weighted by molar-refractivity contribution is 5.96. The van der Waals surface area contributed by atoms with Gasteiger partial charge in [-0.1, -0.05) is 31.0 Å². The molecule has 0 fully saturated rings. The van der Waals surface area contributed by atoms with Gasteiger partial charge in [-0.25, -0.2) is 0 Å². The third-order valence-electron chi connectivity index (χ3n) is 3.89. The largest absolute Gasteiger partial charge is 0.330 e. The molecule has 1 aliphatic rings. The Hall–Kier alpha value is -1.35. The second-order valence-corrected chi connectivity index (χ2v) is 5.45. The standard InChI is InChI=1S/C16H24N2O/c1-3-5-14(11-17)16(19)18-9-4-6-13-10-12(2)7-8-15(13)18/h7-8,10,14H,3-6,9,11,17H2,1-2H3. The molecule has 0 spiro atoms. The lowest BCUT2D eigenvalue weighted by Crippen LogP contribution is -2.42. The average Bonchev–Trinajstić information content (AvgIpc) is 2.43. The zero-order valence-electron chi connectivity index (χ0n) is 12.0. The number of carbonyl (C=O) groups is 1. The normalized spacial score (nSPS) is 16.1. The van der Waals surface area contributed by atoms with Crippen LogP contribution in [0.4, 0.5) is 5.69 Å².